The van der Waals surface area contributed by atoms with Crippen molar-refractivity contribution in [1.29, 1.82) is 0 Å². The van der Waals surface area contributed by atoms with E-state index in [4.69, 9.17) is 0 Å². The monoisotopic (exact) mass is 352 g/mol. The minimum Gasteiger partial charge on any atom is -0.267 e. The topological polar surface area (TPSA) is 76.3 Å². The van der Waals surface area contributed by atoms with Gasteiger partial charge in [0.15, 0.2) is 5.69 Å². The normalized spacial score (nSPS) is 11.2. The standard InChI is InChI=1S/C19H17FN4O2/c1-2-10-24-19(26)16-9-4-3-8-15(16)17(23-24)18(25)22-21-12-13-6-5-7-14(20)11-13/h3-9,11-12H,2,10H2,1H3,(H,22,25)/b21-12-. The molecule has 0 bridgehead atoms. The molecule has 26 heavy (non-hydrogen) atoms. The Balaban J connectivity index is 1.92. The Morgan fingerprint density at radius 1 is 1.23 bits per heavy atom. The molecule has 0 saturated heterocycles. The number of nitrogens with one attached hydrogen (secondary N) is 1. The number of hydrazone groups is 1. The SMILES string of the molecule is CCCn1nc(C(=O)N/N=C\c2cccc(F)c2)c2ccccc2c1=O. The van der Waals surface area contributed by atoms with E-state index in [-0.39, 0.29) is 17.1 Å². The summed E-state index contributed by atoms with van der Waals surface area (Å²) in [5.74, 6) is -0.932. The van der Waals surface area contributed by atoms with Gasteiger partial charge in [0.2, 0.25) is 0 Å². The Hall–Kier alpha value is -3.35. The molecule has 0 unspecified atom stereocenters. The second-order valence-electron chi connectivity index (χ2n) is 5.68. The first kappa shape index (κ1) is 17.5. The number of aryl methyl sites for hydroxylation is 1. The van der Waals surface area contributed by atoms with Crippen molar-refractivity contribution in [3.05, 3.63) is 76.0 Å². The highest BCUT2D eigenvalue weighted by Gasteiger charge is 2.15. The second-order valence-corrected chi connectivity index (χ2v) is 5.68. The summed E-state index contributed by atoms with van der Waals surface area (Å²) in [7, 11) is 0. The average molecular weight is 352 g/mol. The first-order valence-corrected chi connectivity index (χ1v) is 8.19. The largest absolute Gasteiger partial charge is 0.292 e. The molecular formula is C19H17FN4O2. The zero-order valence-electron chi connectivity index (χ0n) is 14.1. The first-order chi connectivity index (χ1) is 12.6. The number of fused-ring (bicyclic) bond motifs is 1. The van der Waals surface area contributed by atoms with Crippen molar-refractivity contribution in [2.24, 2.45) is 5.10 Å². The molecule has 7 heteroatoms. The third-order valence-electron chi connectivity index (χ3n) is 3.75. The van der Waals surface area contributed by atoms with Crippen LogP contribution in [0.5, 0.6) is 0 Å². The highest BCUT2D eigenvalue weighted by Crippen LogP contribution is 2.13. The van der Waals surface area contributed by atoms with Crippen LogP contribution < -0.4 is 11.0 Å². The lowest BCUT2D eigenvalue weighted by molar-refractivity contribution is 0.0949. The number of carbonyl (C=O) groups excluding carboxylic acids is 1. The summed E-state index contributed by atoms with van der Waals surface area (Å²) < 4.78 is 14.4. The highest BCUT2D eigenvalue weighted by atomic mass is 19.1. The molecule has 1 amide bonds. The Labute approximate surface area is 149 Å². The lowest BCUT2D eigenvalue weighted by Gasteiger charge is -2.09. The number of amides is 1. The van der Waals surface area contributed by atoms with Crippen LogP contribution in [0.3, 0.4) is 0 Å². The molecule has 3 aromatic rings. The lowest BCUT2D eigenvalue weighted by atomic mass is 10.1. The second kappa shape index (κ2) is 7.69. The summed E-state index contributed by atoms with van der Waals surface area (Å²) in [5.41, 5.74) is 2.77. The molecule has 0 aliphatic heterocycles. The number of hydrogen-bond acceptors (Lipinski definition) is 4. The maximum atomic E-state index is 13.2. The number of nitrogens with zero attached hydrogens (tertiary/aromatic N) is 3. The fourth-order valence-corrected chi connectivity index (χ4v) is 2.57. The van der Waals surface area contributed by atoms with Gasteiger partial charge in [0.1, 0.15) is 5.82 Å². The van der Waals surface area contributed by atoms with Gasteiger partial charge in [0.05, 0.1) is 11.6 Å². The number of hydrogen-bond donors (Lipinski definition) is 1. The Morgan fingerprint density at radius 3 is 2.73 bits per heavy atom. The highest BCUT2D eigenvalue weighted by molar-refractivity contribution is 6.04. The van der Waals surface area contributed by atoms with Crippen molar-refractivity contribution in [2.75, 3.05) is 0 Å². The zero-order valence-corrected chi connectivity index (χ0v) is 14.1. The van der Waals surface area contributed by atoms with Gasteiger partial charge in [-0.25, -0.2) is 14.5 Å². The van der Waals surface area contributed by atoms with Crippen molar-refractivity contribution in [3.8, 4) is 0 Å². The number of benzene rings is 2. The molecule has 0 spiro atoms. The number of aromatic nitrogens is 2. The van der Waals surface area contributed by atoms with Gasteiger partial charge in [-0.3, -0.25) is 9.59 Å². The summed E-state index contributed by atoms with van der Waals surface area (Å²) in [6, 6.07) is 12.6. The van der Waals surface area contributed by atoms with E-state index in [0.717, 1.165) is 0 Å². The fraction of sp³-hybridized carbons (Fsp3) is 0.158. The van der Waals surface area contributed by atoms with Gasteiger partial charge in [0.25, 0.3) is 11.5 Å². The minimum atomic E-state index is -0.543. The molecule has 1 heterocycles. The van der Waals surface area contributed by atoms with Crippen LogP contribution in [0.1, 0.15) is 29.4 Å². The van der Waals surface area contributed by atoms with E-state index in [2.05, 4.69) is 15.6 Å². The molecule has 2 aromatic carbocycles. The van der Waals surface area contributed by atoms with E-state index >= 15 is 0 Å². The third-order valence-corrected chi connectivity index (χ3v) is 3.75. The van der Waals surface area contributed by atoms with Gasteiger partial charge >= 0.3 is 0 Å². The summed E-state index contributed by atoms with van der Waals surface area (Å²) in [6.07, 6.45) is 2.05. The van der Waals surface area contributed by atoms with Crippen LogP contribution in [0.2, 0.25) is 0 Å². The van der Waals surface area contributed by atoms with Crippen LogP contribution in [0.15, 0.2) is 58.4 Å². The van der Waals surface area contributed by atoms with E-state index < -0.39 is 5.91 Å². The maximum absolute atomic E-state index is 13.2. The molecule has 1 N–H and O–H groups in total. The molecular weight excluding hydrogens is 335 g/mol. The molecule has 0 atom stereocenters. The van der Waals surface area contributed by atoms with Crippen LogP contribution >= 0.6 is 0 Å². The fourth-order valence-electron chi connectivity index (χ4n) is 2.57. The molecule has 0 aliphatic carbocycles. The van der Waals surface area contributed by atoms with E-state index in [0.29, 0.717) is 29.3 Å². The van der Waals surface area contributed by atoms with Crippen LogP contribution in [0.4, 0.5) is 4.39 Å². The summed E-state index contributed by atoms with van der Waals surface area (Å²) in [4.78, 5) is 24.9. The van der Waals surface area contributed by atoms with Crippen molar-refractivity contribution in [1.82, 2.24) is 15.2 Å². The lowest BCUT2D eigenvalue weighted by Crippen LogP contribution is -2.29. The van der Waals surface area contributed by atoms with E-state index in [9.17, 15) is 14.0 Å². The van der Waals surface area contributed by atoms with Gasteiger partial charge in [-0.05, 0) is 30.2 Å². The summed E-state index contributed by atoms with van der Waals surface area (Å²) in [5, 5.41) is 8.92. The molecule has 0 saturated carbocycles. The zero-order chi connectivity index (χ0) is 18.5. The first-order valence-electron chi connectivity index (χ1n) is 8.19. The van der Waals surface area contributed by atoms with Gasteiger partial charge < -0.3 is 0 Å². The average Bonchev–Trinajstić information content (AvgIpc) is 2.64. The predicted octanol–water partition coefficient (Wildman–Crippen LogP) is 2.71. The van der Waals surface area contributed by atoms with Crippen LogP contribution in [0.25, 0.3) is 10.8 Å². The van der Waals surface area contributed by atoms with Gasteiger partial charge in [0, 0.05) is 11.9 Å². The quantitative estimate of drug-likeness (QED) is 0.567. The van der Waals surface area contributed by atoms with Gasteiger partial charge in [-0.15, -0.1) is 0 Å². The maximum Gasteiger partial charge on any atom is 0.292 e. The van der Waals surface area contributed by atoms with Crippen molar-refractivity contribution in [3.63, 3.8) is 0 Å². The third kappa shape index (κ3) is 3.66. The molecule has 0 fully saturated rings. The number of rotatable bonds is 5. The Bertz CT molecular complexity index is 1040. The number of carbonyl (C=O) groups is 1. The van der Waals surface area contributed by atoms with E-state index in [1.54, 1.807) is 36.4 Å². The smallest absolute Gasteiger partial charge is 0.267 e. The Kier molecular flexibility index (Phi) is 5.17. The Morgan fingerprint density at radius 2 is 2.00 bits per heavy atom. The van der Waals surface area contributed by atoms with Crippen molar-refractivity contribution in [2.45, 2.75) is 19.9 Å². The van der Waals surface area contributed by atoms with Crippen LogP contribution in [0, 0.1) is 5.82 Å². The molecule has 0 aliphatic rings. The van der Waals surface area contributed by atoms with Crippen molar-refractivity contribution < 1.29 is 9.18 Å². The van der Waals surface area contributed by atoms with Gasteiger partial charge in [-0.2, -0.15) is 10.2 Å². The molecule has 0 radical (unpaired) electrons. The number of halogens is 1. The minimum absolute atomic E-state index is 0.116. The van der Waals surface area contributed by atoms with E-state index in [1.165, 1.54) is 23.0 Å². The molecule has 132 valence electrons. The molecule has 1 aromatic heterocycles. The van der Waals surface area contributed by atoms with E-state index in [1.807, 2.05) is 6.92 Å². The van der Waals surface area contributed by atoms with Crippen LogP contribution in [-0.2, 0) is 6.54 Å². The molecule has 6 nitrogen and oxygen atoms in total. The summed E-state index contributed by atoms with van der Waals surface area (Å²) >= 11 is 0. The van der Waals surface area contributed by atoms with Crippen molar-refractivity contribution >= 4 is 22.9 Å². The summed E-state index contributed by atoms with van der Waals surface area (Å²) in [6.45, 7) is 2.34. The van der Waals surface area contributed by atoms with Crippen LogP contribution in [-0.4, -0.2) is 21.9 Å². The predicted molar refractivity (Wildman–Crippen MR) is 97.8 cm³/mol. The van der Waals surface area contributed by atoms with Gasteiger partial charge in [-0.1, -0.05) is 37.3 Å². The molecule has 3 rings (SSSR count).